The summed E-state index contributed by atoms with van der Waals surface area (Å²) in [6, 6.07) is 4.26. The summed E-state index contributed by atoms with van der Waals surface area (Å²) in [5.74, 6) is 0.631. The molecule has 1 aromatic carbocycles. The molecule has 2 N–H and O–H groups in total. The van der Waals surface area contributed by atoms with Crippen molar-refractivity contribution in [2.45, 2.75) is 38.3 Å². The van der Waals surface area contributed by atoms with Gasteiger partial charge in [-0.05, 0) is 59.4 Å². The molecule has 112 valence electrons. The van der Waals surface area contributed by atoms with E-state index in [1.165, 1.54) is 12.8 Å². The molecule has 1 atom stereocenters. The second-order valence-corrected chi connectivity index (χ2v) is 6.12. The monoisotopic (exact) mass is 343 g/mol. The average Bonchev–Trinajstić information content (AvgIpc) is 2.45. The zero-order valence-corrected chi connectivity index (χ0v) is 13.4. The number of rotatable bonds is 5. The maximum Gasteiger partial charge on any atom is 0.172 e. The molecule has 4 nitrogen and oxygen atoms in total. The van der Waals surface area contributed by atoms with Gasteiger partial charge in [-0.15, -0.1) is 0 Å². The fourth-order valence-electron chi connectivity index (χ4n) is 2.85. The molecule has 0 bridgehead atoms. The summed E-state index contributed by atoms with van der Waals surface area (Å²) in [7, 11) is 1.56. The van der Waals surface area contributed by atoms with Crippen LogP contribution in [0.4, 0.5) is 0 Å². The number of hydrogen-bond donors (Lipinski definition) is 2. The number of hydrogen-bond acceptors (Lipinski definition) is 4. The van der Waals surface area contributed by atoms with Gasteiger partial charge in [0.05, 0.1) is 11.6 Å². The predicted octanol–water partition coefficient (Wildman–Crippen LogP) is 2.90. The number of piperidine rings is 1. The van der Waals surface area contributed by atoms with E-state index >= 15 is 0 Å². The average molecular weight is 344 g/mol. The smallest absolute Gasteiger partial charge is 0.172 e. The summed E-state index contributed by atoms with van der Waals surface area (Å²) in [5.41, 5.74) is 1.11. The van der Waals surface area contributed by atoms with Crippen LogP contribution in [0.15, 0.2) is 16.6 Å². The van der Waals surface area contributed by atoms with Gasteiger partial charge in [0.1, 0.15) is 0 Å². The lowest BCUT2D eigenvalue weighted by Crippen LogP contribution is -2.39. The number of nitrogens with zero attached hydrogens (tertiary/aromatic N) is 1. The van der Waals surface area contributed by atoms with Crippen molar-refractivity contribution in [2.75, 3.05) is 20.3 Å². The summed E-state index contributed by atoms with van der Waals surface area (Å²) in [6.07, 6.45) is 4.43. The molecule has 0 aromatic heterocycles. The Balaban J connectivity index is 2.13. The topological polar surface area (TPSA) is 52.9 Å². The number of benzene rings is 1. The quantitative estimate of drug-likeness (QED) is 0.863. The summed E-state index contributed by atoms with van der Waals surface area (Å²) < 4.78 is 5.85. The van der Waals surface area contributed by atoms with E-state index in [9.17, 15) is 10.2 Å². The van der Waals surface area contributed by atoms with Gasteiger partial charge in [-0.25, -0.2) is 0 Å². The van der Waals surface area contributed by atoms with E-state index in [-0.39, 0.29) is 12.4 Å². The number of aliphatic hydroxyl groups is 1. The van der Waals surface area contributed by atoms with Crippen LogP contribution < -0.4 is 4.74 Å². The first-order valence-corrected chi connectivity index (χ1v) is 7.85. The molecule has 0 aliphatic carbocycles. The SMILES string of the molecule is COc1cc(CN2CCCCC2CCO)cc(Br)c1O. The van der Waals surface area contributed by atoms with E-state index in [4.69, 9.17) is 4.74 Å². The van der Waals surface area contributed by atoms with E-state index in [2.05, 4.69) is 20.8 Å². The first-order chi connectivity index (χ1) is 9.65. The number of methoxy groups -OCH3 is 1. The minimum Gasteiger partial charge on any atom is -0.503 e. The van der Waals surface area contributed by atoms with Crippen molar-refractivity contribution in [3.63, 3.8) is 0 Å². The van der Waals surface area contributed by atoms with Gasteiger partial charge >= 0.3 is 0 Å². The van der Waals surface area contributed by atoms with E-state index in [1.807, 2.05) is 12.1 Å². The number of aromatic hydroxyl groups is 1. The van der Waals surface area contributed by atoms with Crippen molar-refractivity contribution >= 4 is 15.9 Å². The highest BCUT2D eigenvalue weighted by molar-refractivity contribution is 9.10. The van der Waals surface area contributed by atoms with Gasteiger partial charge < -0.3 is 14.9 Å². The van der Waals surface area contributed by atoms with Gasteiger partial charge in [0.25, 0.3) is 0 Å². The minimum absolute atomic E-state index is 0.141. The fraction of sp³-hybridized carbons (Fsp3) is 0.600. The van der Waals surface area contributed by atoms with Crippen molar-refractivity contribution in [1.29, 1.82) is 0 Å². The van der Waals surface area contributed by atoms with Gasteiger partial charge in [0, 0.05) is 19.2 Å². The van der Waals surface area contributed by atoms with Crippen molar-refractivity contribution in [2.24, 2.45) is 0 Å². The Kier molecular flexibility index (Phi) is 5.69. The number of aliphatic hydroxyl groups excluding tert-OH is 1. The number of phenolic OH excluding ortho intramolecular Hbond substituents is 1. The standard InChI is InChI=1S/C15H22BrNO3/c1-20-14-9-11(8-13(16)15(14)19)10-17-6-3-2-4-12(17)5-7-18/h8-9,12,18-19H,2-7,10H2,1H3. The summed E-state index contributed by atoms with van der Waals surface area (Å²) in [6.45, 7) is 2.12. The van der Waals surface area contributed by atoms with Crippen LogP contribution in [-0.2, 0) is 6.54 Å². The van der Waals surface area contributed by atoms with Gasteiger partial charge in [-0.3, -0.25) is 4.90 Å². The van der Waals surface area contributed by atoms with Crippen LogP contribution in [0, 0.1) is 0 Å². The lowest BCUT2D eigenvalue weighted by atomic mass is 9.99. The molecule has 5 heteroatoms. The number of phenols is 1. The van der Waals surface area contributed by atoms with Gasteiger partial charge in [0.2, 0.25) is 0 Å². The Morgan fingerprint density at radius 3 is 2.90 bits per heavy atom. The largest absolute Gasteiger partial charge is 0.503 e. The van der Waals surface area contributed by atoms with Crippen molar-refractivity contribution in [3.05, 3.63) is 22.2 Å². The third-order valence-electron chi connectivity index (χ3n) is 3.91. The van der Waals surface area contributed by atoms with Crippen LogP contribution >= 0.6 is 15.9 Å². The van der Waals surface area contributed by atoms with Crippen LogP contribution in [0.5, 0.6) is 11.5 Å². The van der Waals surface area contributed by atoms with Crippen molar-refractivity contribution < 1.29 is 14.9 Å². The van der Waals surface area contributed by atoms with E-state index in [0.29, 0.717) is 16.3 Å². The molecule has 1 fully saturated rings. The molecule has 1 saturated heterocycles. The van der Waals surface area contributed by atoms with Crippen molar-refractivity contribution in [3.8, 4) is 11.5 Å². The van der Waals surface area contributed by atoms with Gasteiger partial charge in [-0.1, -0.05) is 6.42 Å². The predicted molar refractivity (Wildman–Crippen MR) is 82.1 cm³/mol. The number of halogens is 1. The molecule has 0 amide bonds. The van der Waals surface area contributed by atoms with Crippen LogP contribution in [0.2, 0.25) is 0 Å². The van der Waals surface area contributed by atoms with E-state index in [0.717, 1.165) is 31.5 Å². The third-order valence-corrected chi connectivity index (χ3v) is 4.51. The fourth-order valence-corrected chi connectivity index (χ4v) is 3.34. The zero-order chi connectivity index (χ0) is 14.5. The van der Waals surface area contributed by atoms with Crippen molar-refractivity contribution in [1.82, 2.24) is 4.90 Å². The second-order valence-electron chi connectivity index (χ2n) is 5.26. The third kappa shape index (κ3) is 3.65. The van der Waals surface area contributed by atoms with E-state index in [1.54, 1.807) is 7.11 Å². The minimum atomic E-state index is 0.141. The molecule has 2 rings (SSSR count). The lowest BCUT2D eigenvalue weighted by Gasteiger charge is -2.35. The Hall–Kier alpha value is -0.780. The zero-order valence-electron chi connectivity index (χ0n) is 11.8. The summed E-state index contributed by atoms with van der Waals surface area (Å²) in [5, 5.41) is 19.0. The molecule has 1 aliphatic heterocycles. The summed E-state index contributed by atoms with van der Waals surface area (Å²) in [4.78, 5) is 2.41. The maximum atomic E-state index is 9.85. The number of likely N-dealkylation sites (tertiary alicyclic amines) is 1. The van der Waals surface area contributed by atoms with Crippen LogP contribution in [0.25, 0.3) is 0 Å². The first-order valence-electron chi connectivity index (χ1n) is 7.06. The molecule has 0 spiro atoms. The highest BCUT2D eigenvalue weighted by atomic mass is 79.9. The molecule has 20 heavy (non-hydrogen) atoms. The van der Waals surface area contributed by atoms with Crippen LogP contribution in [-0.4, -0.2) is 41.4 Å². The van der Waals surface area contributed by atoms with Crippen LogP contribution in [0.3, 0.4) is 0 Å². The molecule has 1 aromatic rings. The molecule has 0 radical (unpaired) electrons. The second kappa shape index (κ2) is 7.29. The molecule has 0 saturated carbocycles. The Morgan fingerprint density at radius 1 is 1.40 bits per heavy atom. The maximum absolute atomic E-state index is 9.85. The molecular formula is C15H22BrNO3. The summed E-state index contributed by atoms with van der Waals surface area (Å²) >= 11 is 3.36. The Bertz CT molecular complexity index is 451. The van der Waals surface area contributed by atoms with Gasteiger partial charge in [-0.2, -0.15) is 0 Å². The van der Waals surface area contributed by atoms with Gasteiger partial charge in [0.15, 0.2) is 11.5 Å². The molecule has 1 unspecified atom stereocenters. The van der Waals surface area contributed by atoms with E-state index < -0.39 is 0 Å². The normalized spacial score (nSPS) is 20.1. The molecular weight excluding hydrogens is 322 g/mol. The Morgan fingerprint density at radius 2 is 2.20 bits per heavy atom. The van der Waals surface area contributed by atoms with Crippen LogP contribution in [0.1, 0.15) is 31.2 Å². The highest BCUT2D eigenvalue weighted by Gasteiger charge is 2.22. The first kappa shape index (κ1) is 15.6. The number of ether oxygens (including phenoxy) is 1. The molecule has 1 aliphatic rings. The Labute approximate surface area is 128 Å². The lowest BCUT2D eigenvalue weighted by molar-refractivity contribution is 0.112. The molecule has 1 heterocycles. The highest BCUT2D eigenvalue weighted by Crippen LogP contribution is 2.36.